The van der Waals surface area contributed by atoms with E-state index in [0.29, 0.717) is 33.3 Å². The number of fused-ring (bicyclic) bond motifs is 1. The predicted molar refractivity (Wildman–Crippen MR) is 135 cm³/mol. The van der Waals surface area contributed by atoms with Crippen LogP contribution in [-0.2, 0) is 6.54 Å². The Morgan fingerprint density at radius 2 is 1.88 bits per heavy atom. The monoisotopic (exact) mass is 492 g/mol. The molecule has 2 N–H and O–H groups in total. The van der Waals surface area contributed by atoms with Gasteiger partial charge in [0.25, 0.3) is 0 Å². The summed E-state index contributed by atoms with van der Waals surface area (Å²) in [4.78, 5) is 6.71. The smallest absolute Gasteiger partial charge is 0.139 e. The molecule has 0 atom stereocenters. The molecule has 0 amide bonds. The van der Waals surface area contributed by atoms with Crippen LogP contribution >= 0.6 is 23.2 Å². The number of nitriles is 1. The van der Waals surface area contributed by atoms with Crippen LogP contribution in [0.25, 0.3) is 22.3 Å². The molecule has 3 heterocycles. The van der Waals surface area contributed by atoms with Gasteiger partial charge in [-0.3, -0.25) is 9.88 Å². The van der Waals surface area contributed by atoms with Crippen LogP contribution in [0.4, 0.5) is 11.4 Å². The number of anilines is 2. The third kappa shape index (κ3) is 4.55. The Hall–Kier alpha value is -3.24. The first-order valence-corrected chi connectivity index (χ1v) is 11.9. The first-order chi connectivity index (χ1) is 16.5. The van der Waals surface area contributed by atoms with Crippen LogP contribution in [0.1, 0.15) is 30.4 Å². The van der Waals surface area contributed by atoms with Gasteiger partial charge in [-0.05, 0) is 55.8 Å². The lowest BCUT2D eigenvalue weighted by atomic mass is 10.1. The molecule has 4 aromatic rings. The van der Waals surface area contributed by atoms with E-state index in [4.69, 9.17) is 27.6 Å². The van der Waals surface area contributed by atoms with Crippen molar-refractivity contribution in [3.63, 3.8) is 0 Å². The molecule has 1 fully saturated rings. The second-order valence-corrected chi connectivity index (χ2v) is 9.26. The van der Waals surface area contributed by atoms with Crippen LogP contribution in [0, 0.1) is 11.3 Å². The van der Waals surface area contributed by atoms with E-state index in [-0.39, 0.29) is 10.8 Å². The highest BCUT2D eigenvalue weighted by Crippen LogP contribution is 2.39. The predicted octanol–water partition coefficient (Wildman–Crippen LogP) is 7.11. The lowest BCUT2D eigenvalue weighted by molar-refractivity contribution is 0.221. The van der Waals surface area contributed by atoms with Gasteiger partial charge in [0.1, 0.15) is 23.2 Å². The zero-order chi connectivity index (χ0) is 23.7. The summed E-state index contributed by atoms with van der Waals surface area (Å²) in [6.45, 7) is 3.20. The normalized spacial score (nSPS) is 14.3. The quantitative estimate of drug-likeness (QED) is 0.308. The molecule has 0 saturated carbocycles. The highest BCUT2D eigenvalue weighted by atomic mass is 35.5. The Balaban J connectivity index is 1.51. The van der Waals surface area contributed by atoms with Crippen molar-refractivity contribution in [1.82, 2.24) is 9.88 Å². The summed E-state index contributed by atoms with van der Waals surface area (Å²) in [5.41, 5.74) is 3.81. The minimum absolute atomic E-state index is 0.118. The van der Waals surface area contributed by atoms with Gasteiger partial charge >= 0.3 is 0 Å². The van der Waals surface area contributed by atoms with E-state index in [1.807, 2.05) is 12.1 Å². The average molecular weight is 493 g/mol. The van der Waals surface area contributed by atoms with Crippen molar-refractivity contribution in [1.29, 1.82) is 5.26 Å². The maximum absolute atomic E-state index is 10.0. The van der Waals surface area contributed by atoms with E-state index in [1.54, 1.807) is 6.20 Å². The molecular formula is C26H22Cl2N4O2. The Labute approximate surface area is 207 Å². The lowest BCUT2D eigenvalue weighted by Gasteiger charge is -2.26. The number of hydrogen-bond acceptors (Lipinski definition) is 6. The Morgan fingerprint density at radius 1 is 1.06 bits per heavy atom. The average Bonchev–Trinajstić information content (AvgIpc) is 3.26. The van der Waals surface area contributed by atoms with Gasteiger partial charge in [0.05, 0.1) is 32.5 Å². The number of benzene rings is 2. The molecule has 8 heteroatoms. The number of pyridine rings is 1. The summed E-state index contributed by atoms with van der Waals surface area (Å²) in [5.74, 6) is 0.458. The van der Waals surface area contributed by atoms with E-state index in [1.165, 1.54) is 43.2 Å². The largest absolute Gasteiger partial charge is 0.506 e. The molecule has 2 aromatic heterocycles. The SMILES string of the molecule is N#Cc1cncc(-c2cc3cc(CN4CCCCC4)ccc3o2)c1Nc1cc(O)c(Cl)cc1Cl. The molecule has 0 spiro atoms. The summed E-state index contributed by atoms with van der Waals surface area (Å²) < 4.78 is 6.14. The van der Waals surface area contributed by atoms with Crippen molar-refractivity contribution in [2.24, 2.45) is 0 Å². The molecule has 1 aliphatic heterocycles. The van der Waals surface area contributed by atoms with Crippen molar-refractivity contribution in [3.05, 3.63) is 70.0 Å². The molecule has 172 valence electrons. The number of hydrogen-bond donors (Lipinski definition) is 2. The van der Waals surface area contributed by atoms with E-state index < -0.39 is 0 Å². The van der Waals surface area contributed by atoms with Gasteiger partial charge in [0.2, 0.25) is 0 Å². The van der Waals surface area contributed by atoms with Crippen molar-refractivity contribution in [2.75, 3.05) is 18.4 Å². The van der Waals surface area contributed by atoms with Crippen LogP contribution in [0.2, 0.25) is 10.0 Å². The maximum atomic E-state index is 10.0. The highest BCUT2D eigenvalue weighted by Gasteiger charge is 2.18. The van der Waals surface area contributed by atoms with Crippen LogP contribution in [0.3, 0.4) is 0 Å². The molecule has 1 saturated heterocycles. The number of aromatic nitrogens is 1. The molecular weight excluding hydrogens is 471 g/mol. The van der Waals surface area contributed by atoms with Crippen molar-refractivity contribution in [2.45, 2.75) is 25.8 Å². The zero-order valence-electron chi connectivity index (χ0n) is 18.3. The molecule has 0 bridgehead atoms. The van der Waals surface area contributed by atoms with Crippen molar-refractivity contribution < 1.29 is 9.52 Å². The van der Waals surface area contributed by atoms with Gasteiger partial charge in [0, 0.05) is 30.4 Å². The van der Waals surface area contributed by atoms with Crippen LogP contribution in [-0.4, -0.2) is 28.1 Å². The fourth-order valence-electron chi connectivity index (χ4n) is 4.33. The van der Waals surface area contributed by atoms with E-state index in [0.717, 1.165) is 30.6 Å². The molecule has 2 aromatic carbocycles. The number of nitrogens with one attached hydrogen (secondary N) is 1. The minimum atomic E-state index is -0.118. The Kier molecular flexibility index (Phi) is 6.34. The van der Waals surface area contributed by atoms with Gasteiger partial charge in [-0.1, -0.05) is 35.7 Å². The molecule has 6 nitrogen and oxygen atoms in total. The number of phenolic OH excluding ortho intramolecular Hbond substituents is 1. The second kappa shape index (κ2) is 9.55. The first kappa shape index (κ1) is 22.5. The van der Waals surface area contributed by atoms with Crippen LogP contribution in [0.15, 0.2) is 53.2 Å². The number of phenols is 1. The third-order valence-electron chi connectivity index (χ3n) is 6.06. The lowest BCUT2D eigenvalue weighted by Crippen LogP contribution is -2.28. The Morgan fingerprint density at radius 3 is 2.68 bits per heavy atom. The van der Waals surface area contributed by atoms with Gasteiger partial charge in [0.15, 0.2) is 0 Å². The fraction of sp³-hybridized carbons (Fsp3) is 0.231. The number of likely N-dealkylation sites (tertiary alicyclic amines) is 1. The van der Waals surface area contributed by atoms with Gasteiger partial charge in [-0.2, -0.15) is 5.26 Å². The summed E-state index contributed by atoms with van der Waals surface area (Å²) >= 11 is 12.3. The van der Waals surface area contributed by atoms with Crippen molar-refractivity contribution >= 4 is 45.5 Å². The first-order valence-electron chi connectivity index (χ1n) is 11.1. The standard InChI is InChI=1S/C26H22Cl2N4O2/c27-20-10-21(28)23(33)11-22(20)31-26-18(12-29)13-30-14-19(26)25-9-17-8-16(4-5-24(17)34-25)15-32-6-2-1-3-7-32/h4-5,8-11,13-14,33H,1-3,6-7,15H2,(H,30,31). The summed E-state index contributed by atoms with van der Waals surface area (Å²) in [6, 6.07) is 13.2. The molecule has 0 unspecified atom stereocenters. The zero-order valence-corrected chi connectivity index (χ0v) is 19.8. The van der Waals surface area contributed by atoms with E-state index >= 15 is 0 Å². The molecule has 34 heavy (non-hydrogen) atoms. The topological polar surface area (TPSA) is 85.3 Å². The summed E-state index contributed by atoms with van der Waals surface area (Å²) in [6.07, 6.45) is 6.93. The fourth-order valence-corrected chi connectivity index (χ4v) is 4.76. The van der Waals surface area contributed by atoms with E-state index in [9.17, 15) is 10.4 Å². The van der Waals surface area contributed by atoms with Crippen LogP contribution < -0.4 is 5.32 Å². The minimum Gasteiger partial charge on any atom is -0.506 e. The maximum Gasteiger partial charge on any atom is 0.139 e. The van der Waals surface area contributed by atoms with E-state index in [2.05, 4.69) is 33.4 Å². The molecule has 5 rings (SSSR count). The van der Waals surface area contributed by atoms with Gasteiger partial charge in [-0.25, -0.2) is 0 Å². The van der Waals surface area contributed by atoms with Gasteiger partial charge in [-0.15, -0.1) is 0 Å². The number of piperidine rings is 1. The second-order valence-electron chi connectivity index (χ2n) is 8.45. The number of aromatic hydroxyl groups is 1. The summed E-state index contributed by atoms with van der Waals surface area (Å²) in [7, 11) is 0. The van der Waals surface area contributed by atoms with Gasteiger partial charge < -0.3 is 14.8 Å². The Bertz CT molecular complexity index is 1400. The molecule has 0 aliphatic carbocycles. The molecule has 1 aliphatic rings. The third-order valence-corrected chi connectivity index (χ3v) is 6.68. The number of halogens is 2. The van der Waals surface area contributed by atoms with Crippen LogP contribution in [0.5, 0.6) is 5.75 Å². The number of nitrogens with zero attached hydrogens (tertiary/aromatic N) is 3. The highest BCUT2D eigenvalue weighted by molar-refractivity contribution is 6.37. The van der Waals surface area contributed by atoms with Crippen molar-refractivity contribution in [3.8, 4) is 23.1 Å². The number of furan rings is 1. The number of rotatable bonds is 5. The molecule has 0 radical (unpaired) electrons. The summed E-state index contributed by atoms with van der Waals surface area (Å²) in [5, 5.41) is 24.3.